The molecule has 1 N–H and O–H groups in total. The molecule has 0 bridgehead atoms. The SMILES string of the molecule is COc1ccc2nc(-c3ccc(O)cc3)ccc2c1. The van der Waals surface area contributed by atoms with Crippen molar-refractivity contribution in [3.05, 3.63) is 54.6 Å². The largest absolute Gasteiger partial charge is 0.508 e. The number of pyridine rings is 1. The molecule has 19 heavy (non-hydrogen) atoms. The Morgan fingerprint density at radius 2 is 1.74 bits per heavy atom. The fourth-order valence-corrected chi connectivity index (χ4v) is 2.02. The third-order valence-corrected chi connectivity index (χ3v) is 3.06. The number of phenolic OH excluding ortho intramolecular Hbond substituents is 1. The summed E-state index contributed by atoms with van der Waals surface area (Å²) in [6.45, 7) is 0. The Labute approximate surface area is 111 Å². The lowest BCUT2D eigenvalue weighted by molar-refractivity contribution is 0.415. The van der Waals surface area contributed by atoms with Crippen LogP contribution in [-0.4, -0.2) is 17.2 Å². The standard InChI is InChI=1S/C16H13NO2/c1-19-14-7-9-16-12(10-14)4-8-15(17-16)11-2-5-13(18)6-3-11/h2-10,18H,1H3. The van der Waals surface area contributed by atoms with Crippen LogP contribution in [0.25, 0.3) is 22.2 Å². The van der Waals surface area contributed by atoms with Crippen molar-refractivity contribution in [1.82, 2.24) is 4.98 Å². The van der Waals surface area contributed by atoms with Crippen LogP contribution in [0, 0.1) is 0 Å². The van der Waals surface area contributed by atoms with Crippen LogP contribution in [0.3, 0.4) is 0 Å². The summed E-state index contributed by atoms with van der Waals surface area (Å²) in [5, 5.41) is 10.3. The molecule has 94 valence electrons. The van der Waals surface area contributed by atoms with Crippen molar-refractivity contribution in [1.29, 1.82) is 0 Å². The van der Waals surface area contributed by atoms with E-state index in [0.717, 1.165) is 27.9 Å². The van der Waals surface area contributed by atoms with E-state index in [1.54, 1.807) is 19.2 Å². The highest BCUT2D eigenvalue weighted by atomic mass is 16.5. The van der Waals surface area contributed by atoms with Crippen LogP contribution in [0.5, 0.6) is 11.5 Å². The predicted molar refractivity (Wildman–Crippen MR) is 75.4 cm³/mol. The van der Waals surface area contributed by atoms with E-state index < -0.39 is 0 Å². The van der Waals surface area contributed by atoms with E-state index in [-0.39, 0.29) is 5.75 Å². The smallest absolute Gasteiger partial charge is 0.119 e. The highest BCUT2D eigenvalue weighted by Crippen LogP contribution is 2.25. The number of nitrogens with zero attached hydrogens (tertiary/aromatic N) is 1. The van der Waals surface area contributed by atoms with Crippen LogP contribution in [0.1, 0.15) is 0 Å². The zero-order valence-corrected chi connectivity index (χ0v) is 10.5. The number of hydrogen-bond donors (Lipinski definition) is 1. The summed E-state index contributed by atoms with van der Waals surface area (Å²) in [6, 6.07) is 16.8. The van der Waals surface area contributed by atoms with E-state index in [1.807, 2.05) is 42.5 Å². The number of ether oxygens (including phenoxy) is 1. The Balaban J connectivity index is 2.08. The minimum atomic E-state index is 0.259. The molecule has 0 radical (unpaired) electrons. The maximum Gasteiger partial charge on any atom is 0.119 e. The van der Waals surface area contributed by atoms with Gasteiger partial charge in [0.05, 0.1) is 18.3 Å². The van der Waals surface area contributed by atoms with Crippen molar-refractivity contribution in [3.63, 3.8) is 0 Å². The van der Waals surface area contributed by atoms with Crippen LogP contribution >= 0.6 is 0 Å². The summed E-state index contributed by atoms with van der Waals surface area (Å²) >= 11 is 0. The monoisotopic (exact) mass is 251 g/mol. The Bertz CT molecular complexity index is 720. The maximum absolute atomic E-state index is 9.30. The van der Waals surface area contributed by atoms with E-state index >= 15 is 0 Å². The minimum absolute atomic E-state index is 0.259. The molecule has 0 unspecified atom stereocenters. The molecule has 3 heteroatoms. The van der Waals surface area contributed by atoms with E-state index in [9.17, 15) is 5.11 Å². The second-order valence-electron chi connectivity index (χ2n) is 4.30. The number of benzene rings is 2. The summed E-state index contributed by atoms with van der Waals surface area (Å²) in [5.41, 5.74) is 2.79. The van der Waals surface area contributed by atoms with Gasteiger partial charge in [-0.1, -0.05) is 6.07 Å². The van der Waals surface area contributed by atoms with E-state index in [0.29, 0.717) is 0 Å². The molecule has 0 saturated carbocycles. The van der Waals surface area contributed by atoms with Crippen molar-refractivity contribution >= 4 is 10.9 Å². The van der Waals surface area contributed by atoms with Crippen LogP contribution in [0.15, 0.2) is 54.6 Å². The highest BCUT2D eigenvalue weighted by molar-refractivity contribution is 5.82. The average molecular weight is 251 g/mol. The molecule has 0 atom stereocenters. The van der Waals surface area contributed by atoms with Gasteiger partial charge in [0.25, 0.3) is 0 Å². The molecular weight excluding hydrogens is 238 g/mol. The van der Waals surface area contributed by atoms with Crippen LogP contribution < -0.4 is 4.74 Å². The van der Waals surface area contributed by atoms with Gasteiger partial charge in [-0.05, 0) is 48.5 Å². The molecule has 0 amide bonds. The summed E-state index contributed by atoms with van der Waals surface area (Å²) < 4.78 is 5.19. The number of aromatic nitrogens is 1. The summed E-state index contributed by atoms with van der Waals surface area (Å²) in [6.07, 6.45) is 0. The first-order chi connectivity index (χ1) is 9.26. The van der Waals surface area contributed by atoms with E-state index in [4.69, 9.17) is 4.74 Å². The third-order valence-electron chi connectivity index (χ3n) is 3.06. The molecular formula is C16H13NO2. The van der Waals surface area contributed by atoms with Gasteiger partial charge in [0, 0.05) is 10.9 Å². The van der Waals surface area contributed by atoms with Gasteiger partial charge in [0.1, 0.15) is 11.5 Å². The molecule has 0 aliphatic heterocycles. The molecule has 0 aliphatic rings. The number of fused-ring (bicyclic) bond motifs is 1. The average Bonchev–Trinajstić information content (AvgIpc) is 2.47. The molecule has 1 aromatic heterocycles. The highest BCUT2D eigenvalue weighted by Gasteiger charge is 2.02. The number of methoxy groups -OCH3 is 1. The van der Waals surface area contributed by atoms with Gasteiger partial charge in [-0.3, -0.25) is 0 Å². The van der Waals surface area contributed by atoms with Crippen molar-refractivity contribution in [2.75, 3.05) is 7.11 Å². The number of aromatic hydroxyl groups is 1. The van der Waals surface area contributed by atoms with Gasteiger partial charge in [-0.2, -0.15) is 0 Å². The normalized spacial score (nSPS) is 10.6. The fraction of sp³-hybridized carbons (Fsp3) is 0.0625. The lowest BCUT2D eigenvalue weighted by atomic mass is 10.1. The summed E-state index contributed by atoms with van der Waals surface area (Å²) in [4.78, 5) is 4.61. The van der Waals surface area contributed by atoms with Crippen molar-refractivity contribution < 1.29 is 9.84 Å². The first-order valence-corrected chi connectivity index (χ1v) is 6.00. The molecule has 0 fully saturated rings. The van der Waals surface area contributed by atoms with Crippen molar-refractivity contribution in [2.24, 2.45) is 0 Å². The van der Waals surface area contributed by atoms with Crippen molar-refractivity contribution in [2.45, 2.75) is 0 Å². The van der Waals surface area contributed by atoms with Crippen LogP contribution in [0.2, 0.25) is 0 Å². The second kappa shape index (κ2) is 4.61. The molecule has 3 rings (SSSR count). The first kappa shape index (κ1) is 11.5. The van der Waals surface area contributed by atoms with Gasteiger partial charge < -0.3 is 9.84 Å². The van der Waals surface area contributed by atoms with Gasteiger partial charge in [0.15, 0.2) is 0 Å². The third kappa shape index (κ3) is 2.22. The van der Waals surface area contributed by atoms with Crippen molar-refractivity contribution in [3.8, 4) is 22.8 Å². The van der Waals surface area contributed by atoms with Gasteiger partial charge >= 0.3 is 0 Å². The minimum Gasteiger partial charge on any atom is -0.508 e. The summed E-state index contributed by atoms with van der Waals surface area (Å²) in [5.74, 6) is 1.08. The Morgan fingerprint density at radius 3 is 2.47 bits per heavy atom. The molecule has 0 aliphatic carbocycles. The lowest BCUT2D eigenvalue weighted by Crippen LogP contribution is -1.87. The fourth-order valence-electron chi connectivity index (χ4n) is 2.02. The summed E-state index contributed by atoms with van der Waals surface area (Å²) in [7, 11) is 1.65. The first-order valence-electron chi connectivity index (χ1n) is 6.00. The number of rotatable bonds is 2. The Hall–Kier alpha value is -2.55. The number of hydrogen-bond acceptors (Lipinski definition) is 3. The van der Waals surface area contributed by atoms with E-state index in [2.05, 4.69) is 4.98 Å². The lowest BCUT2D eigenvalue weighted by Gasteiger charge is -2.05. The second-order valence-corrected chi connectivity index (χ2v) is 4.30. The van der Waals surface area contributed by atoms with Crippen LogP contribution in [0.4, 0.5) is 0 Å². The molecule has 0 saturated heterocycles. The molecule has 1 heterocycles. The molecule has 2 aromatic carbocycles. The van der Waals surface area contributed by atoms with Gasteiger partial charge in [0.2, 0.25) is 0 Å². The molecule has 3 aromatic rings. The Kier molecular flexibility index (Phi) is 2.80. The predicted octanol–water partition coefficient (Wildman–Crippen LogP) is 3.62. The number of phenols is 1. The van der Waals surface area contributed by atoms with Gasteiger partial charge in [-0.15, -0.1) is 0 Å². The zero-order chi connectivity index (χ0) is 13.2. The molecule has 0 spiro atoms. The topological polar surface area (TPSA) is 42.4 Å². The van der Waals surface area contributed by atoms with Crippen LogP contribution in [-0.2, 0) is 0 Å². The zero-order valence-electron chi connectivity index (χ0n) is 10.5. The maximum atomic E-state index is 9.30. The quantitative estimate of drug-likeness (QED) is 0.756. The van der Waals surface area contributed by atoms with E-state index in [1.165, 1.54) is 0 Å². The Morgan fingerprint density at radius 1 is 0.947 bits per heavy atom. The van der Waals surface area contributed by atoms with Gasteiger partial charge in [-0.25, -0.2) is 4.98 Å². The molecule has 3 nitrogen and oxygen atoms in total.